The second kappa shape index (κ2) is 4.84. The second-order valence-corrected chi connectivity index (χ2v) is 4.82. The molecule has 2 aromatic rings. The van der Waals surface area contributed by atoms with E-state index in [9.17, 15) is 4.79 Å². The molecule has 0 saturated carbocycles. The predicted molar refractivity (Wildman–Crippen MR) is 73.0 cm³/mol. The first-order chi connectivity index (χ1) is 8.54. The number of hydrogen-bond donors (Lipinski definition) is 1. The summed E-state index contributed by atoms with van der Waals surface area (Å²) in [6, 6.07) is 8.38. The molecule has 0 amide bonds. The molecule has 0 spiro atoms. The van der Waals surface area contributed by atoms with Crippen molar-refractivity contribution in [2.45, 2.75) is 39.7 Å². The minimum Gasteiger partial charge on any atom is -0.481 e. The van der Waals surface area contributed by atoms with Crippen LogP contribution in [0.15, 0.2) is 24.3 Å². The SMILES string of the molecule is CCn1c(C(C)CC(=O)O)cc2c(C)cccc21. The number of fused-ring (bicyclic) bond motifs is 1. The number of carboxylic acids is 1. The van der Waals surface area contributed by atoms with Gasteiger partial charge in [-0.15, -0.1) is 0 Å². The topological polar surface area (TPSA) is 42.2 Å². The summed E-state index contributed by atoms with van der Waals surface area (Å²) in [5, 5.41) is 10.2. The van der Waals surface area contributed by atoms with Crippen LogP contribution in [0.2, 0.25) is 0 Å². The average molecular weight is 245 g/mol. The Kier molecular flexibility index (Phi) is 3.41. The van der Waals surface area contributed by atoms with Gasteiger partial charge < -0.3 is 9.67 Å². The van der Waals surface area contributed by atoms with Gasteiger partial charge in [0.1, 0.15) is 0 Å². The van der Waals surface area contributed by atoms with E-state index in [2.05, 4.69) is 42.7 Å². The number of carboxylic acid groups (broad SMARTS) is 1. The predicted octanol–water partition coefficient (Wildman–Crippen LogP) is 3.55. The molecule has 1 aromatic heterocycles. The lowest BCUT2D eigenvalue weighted by atomic mass is 10.0. The Morgan fingerprint density at radius 3 is 2.78 bits per heavy atom. The molecule has 1 atom stereocenters. The lowest BCUT2D eigenvalue weighted by Crippen LogP contribution is -2.08. The van der Waals surface area contributed by atoms with E-state index >= 15 is 0 Å². The van der Waals surface area contributed by atoms with E-state index in [1.54, 1.807) is 0 Å². The van der Waals surface area contributed by atoms with Gasteiger partial charge in [-0.25, -0.2) is 0 Å². The van der Waals surface area contributed by atoms with Crippen molar-refractivity contribution in [1.29, 1.82) is 0 Å². The van der Waals surface area contributed by atoms with Crippen molar-refractivity contribution in [2.24, 2.45) is 0 Å². The number of aliphatic carboxylic acids is 1. The van der Waals surface area contributed by atoms with Crippen LogP contribution in [0.5, 0.6) is 0 Å². The highest BCUT2D eigenvalue weighted by atomic mass is 16.4. The van der Waals surface area contributed by atoms with Crippen LogP contribution in [-0.4, -0.2) is 15.6 Å². The van der Waals surface area contributed by atoms with Gasteiger partial charge in [0.05, 0.1) is 6.42 Å². The van der Waals surface area contributed by atoms with Crippen molar-refractivity contribution < 1.29 is 9.90 Å². The molecule has 1 N–H and O–H groups in total. The molecule has 3 heteroatoms. The normalized spacial score (nSPS) is 12.8. The number of hydrogen-bond acceptors (Lipinski definition) is 1. The van der Waals surface area contributed by atoms with E-state index in [4.69, 9.17) is 5.11 Å². The van der Waals surface area contributed by atoms with E-state index in [-0.39, 0.29) is 12.3 Å². The van der Waals surface area contributed by atoms with Gasteiger partial charge in [0, 0.05) is 29.1 Å². The Balaban J connectivity index is 2.56. The zero-order valence-electron chi connectivity index (χ0n) is 11.1. The van der Waals surface area contributed by atoms with Crippen molar-refractivity contribution in [1.82, 2.24) is 4.57 Å². The third-order valence-electron chi connectivity index (χ3n) is 3.50. The van der Waals surface area contributed by atoms with Crippen LogP contribution in [0.3, 0.4) is 0 Å². The summed E-state index contributed by atoms with van der Waals surface area (Å²) < 4.78 is 2.22. The van der Waals surface area contributed by atoms with E-state index in [0.29, 0.717) is 0 Å². The molecule has 0 aliphatic rings. The molecular formula is C15H19NO2. The first-order valence-electron chi connectivity index (χ1n) is 6.35. The summed E-state index contributed by atoms with van der Waals surface area (Å²) in [6.45, 7) is 7.03. The summed E-state index contributed by atoms with van der Waals surface area (Å²) in [4.78, 5) is 10.9. The number of rotatable bonds is 4. The van der Waals surface area contributed by atoms with Crippen LogP contribution in [-0.2, 0) is 11.3 Å². The molecule has 0 fully saturated rings. The highest BCUT2D eigenvalue weighted by Crippen LogP contribution is 2.29. The average Bonchev–Trinajstić information content (AvgIpc) is 2.68. The largest absolute Gasteiger partial charge is 0.481 e. The Morgan fingerprint density at radius 1 is 1.44 bits per heavy atom. The van der Waals surface area contributed by atoms with Crippen molar-refractivity contribution in [3.05, 3.63) is 35.5 Å². The fourth-order valence-electron chi connectivity index (χ4n) is 2.58. The molecule has 1 heterocycles. The van der Waals surface area contributed by atoms with Gasteiger partial charge in [0.15, 0.2) is 0 Å². The van der Waals surface area contributed by atoms with E-state index in [0.717, 1.165) is 12.2 Å². The van der Waals surface area contributed by atoms with Crippen molar-refractivity contribution in [3.8, 4) is 0 Å². The Hall–Kier alpha value is -1.77. The molecular weight excluding hydrogens is 226 g/mol. The number of nitrogens with zero attached hydrogens (tertiary/aromatic N) is 1. The maximum Gasteiger partial charge on any atom is 0.304 e. The maximum absolute atomic E-state index is 10.9. The molecule has 1 aromatic carbocycles. The molecule has 0 bridgehead atoms. The van der Waals surface area contributed by atoms with Crippen LogP contribution in [0.1, 0.15) is 37.4 Å². The van der Waals surface area contributed by atoms with E-state index in [1.807, 2.05) is 6.92 Å². The molecule has 0 aliphatic heterocycles. The molecule has 1 unspecified atom stereocenters. The Bertz CT molecular complexity index is 583. The zero-order chi connectivity index (χ0) is 13.3. The Morgan fingerprint density at radius 2 is 2.17 bits per heavy atom. The lowest BCUT2D eigenvalue weighted by Gasteiger charge is -2.13. The van der Waals surface area contributed by atoms with Gasteiger partial charge in [-0.1, -0.05) is 19.1 Å². The van der Waals surface area contributed by atoms with Crippen LogP contribution in [0.25, 0.3) is 10.9 Å². The number of carbonyl (C=O) groups is 1. The van der Waals surface area contributed by atoms with Crippen molar-refractivity contribution in [2.75, 3.05) is 0 Å². The third kappa shape index (κ3) is 2.13. The first kappa shape index (κ1) is 12.7. The minimum atomic E-state index is -0.743. The van der Waals surface area contributed by atoms with Crippen LogP contribution in [0.4, 0.5) is 0 Å². The monoisotopic (exact) mass is 245 g/mol. The molecule has 0 saturated heterocycles. The second-order valence-electron chi connectivity index (χ2n) is 4.82. The van der Waals surface area contributed by atoms with Gasteiger partial charge >= 0.3 is 5.97 Å². The fourth-order valence-corrected chi connectivity index (χ4v) is 2.58. The summed E-state index contributed by atoms with van der Waals surface area (Å²) in [6.07, 6.45) is 0.176. The highest BCUT2D eigenvalue weighted by molar-refractivity contribution is 5.85. The number of aryl methyl sites for hydroxylation is 2. The van der Waals surface area contributed by atoms with Gasteiger partial charge in [0.2, 0.25) is 0 Å². The van der Waals surface area contributed by atoms with E-state index in [1.165, 1.54) is 16.5 Å². The third-order valence-corrected chi connectivity index (χ3v) is 3.50. The Labute approximate surface area is 107 Å². The summed E-state index contributed by atoms with van der Waals surface area (Å²) >= 11 is 0. The summed E-state index contributed by atoms with van der Waals surface area (Å²) in [5.74, 6) is -0.707. The van der Waals surface area contributed by atoms with Gasteiger partial charge in [-0.3, -0.25) is 4.79 Å². The number of benzene rings is 1. The fraction of sp³-hybridized carbons (Fsp3) is 0.400. The summed E-state index contributed by atoms with van der Waals surface area (Å²) in [5.41, 5.74) is 3.55. The van der Waals surface area contributed by atoms with Gasteiger partial charge in [0.25, 0.3) is 0 Å². The quantitative estimate of drug-likeness (QED) is 0.895. The molecule has 18 heavy (non-hydrogen) atoms. The zero-order valence-corrected chi connectivity index (χ0v) is 11.1. The molecule has 3 nitrogen and oxygen atoms in total. The van der Waals surface area contributed by atoms with Gasteiger partial charge in [-0.2, -0.15) is 0 Å². The maximum atomic E-state index is 10.9. The standard InChI is InChI=1S/C15H19NO2/c1-4-16-13-7-5-6-10(2)12(13)9-14(16)11(3)8-15(17)18/h5-7,9,11H,4,8H2,1-3H3,(H,17,18). The van der Waals surface area contributed by atoms with Crippen molar-refractivity contribution >= 4 is 16.9 Å². The smallest absolute Gasteiger partial charge is 0.304 e. The molecule has 0 radical (unpaired) electrons. The van der Waals surface area contributed by atoms with Crippen LogP contribution >= 0.6 is 0 Å². The lowest BCUT2D eigenvalue weighted by molar-refractivity contribution is -0.137. The summed E-state index contributed by atoms with van der Waals surface area (Å²) in [7, 11) is 0. The van der Waals surface area contributed by atoms with Crippen molar-refractivity contribution in [3.63, 3.8) is 0 Å². The first-order valence-corrected chi connectivity index (χ1v) is 6.35. The van der Waals surface area contributed by atoms with Crippen LogP contribution < -0.4 is 0 Å². The minimum absolute atomic E-state index is 0.0363. The van der Waals surface area contributed by atoms with E-state index < -0.39 is 5.97 Å². The van der Waals surface area contributed by atoms with Gasteiger partial charge in [-0.05, 0) is 31.5 Å². The molecule has 2 rings (SSSR count). The highest BCUT2D eigenvalue weighted by Gasteiger charge is 2.17. The molecule has 96 valence electrons. The number of aromatic nitrogens is 1. The molecule has 0 aliphatic carbocycles. The van der Waals surface area contributed by atoms with Crippen LogP contribution in [0, 0.1) is 6.92 Å².